The molecule has 0 saturated carbocycles. The zero-order valence-corrected chi connectivity index (χ0v) is 23.3. The zero-order chi connectivity index (χ0) is 27.7. The second kappa shape index (κ2) is 23.5. The number of carbonyl (C=O) groups excluding carboxylic acids is 2. The van der Waals surface area contributed by atoms with Crippen molar-refractivity contribution in [1.29, 1.82) is 0 Å². The molecule has 1 atom stereocenters. The number of aryl methyl sites for hydroxylation is 1. The molecule has 11 heteroatoms. The van der Waals surface area contributed by atoms with Gasteiger partial charge in [-0.2, -0.15) is 5.21 Å². The van der Waals surface area contributed by atoms with Gasteiger partial charge in [0.1, 0.15) is 6.04 Å². The summed E-state index contributed by atoms with van der Waals surface area (Å²) < 4.78 is 5.29. The predicted molar refractivity (Wildman–Crippen MR) is 145 cm³/mol. The Bertz CT molecular complexity index is 732. The van der Waals surface area contributed by atoms with Crippen LogP contribution in [0.25, 0.3) is 0 Å². The molecule has 11 nitrogen and oxygen atoms in total. The maximum atomic E-state index is 12.1. The largest absolute Gasteiger partial charge is 0.480 e. The minimum absolute atomic E-state index is 0.0492. The molecule has 1 heterocycles. The Labute approximate surface area is 227 Å². The van der Waals surface area contributed by atoms with Crippen LogP contribution in [0.1, 0.15) is 122 Å². The maximum absolute atomic E-state index is 12.1. The number of carboxylic acids is 1. The fraction of sp³-hybridized carbons (Fsp3) is 0.852. The van der Waals surface area contributed by atoms with Crippen molar-refractivity contribution in [2.45, 2.75) is 129 Å². The Kier molecular flexibility index (Phi) is 20.7. The van der Waals surface area contributed by atoms with Crippen molar-refractivity contribution >= 4 is 17.8 Å². The van der Waals surface area contributed by atoms with Crippen LogP contribution in [0.2, 0.25) is 0 Å². The third-order valence-corrected chi connectivity index (χ3v) is 6.40. The number of carboxylic acid groups (broad SMARTS) is 1. The first-order valence-electron chi connectivity index (χ1n) is 14.6. The lowest BCUT2D eigenvalue weighted by atomic mass is 10.0. The summed E-state index contributed by atoms with van der Waals surface area (Å²) in [5, 5.41) is 28.6. The summed E-state index contributed by atoms with van der Waals surface area (Å²) in [6.45, 7) is 3.49. The van der Waals surface area contributed by atoms with Crippen LogP contribution >= 0.6 is 0 Å². The zero-order valence-electron chi connectivity index (χ0n) is 23.3. The van der Waals surface area contributed by atoms with E-state index in [-0.39, 0.29) is 24.7 Å². The summed E-state index contributed by atoms with van der Waals surface area (Å²) in [6, 6.07) is -1.04. The Morgan fingerprint density at radius 3 is 2.00 bits per heavy atom. The maximum Gasteiger partial charge on any atom is 0.326 e. The fourth-order valence-electron chi connectivity index (χ4n) is 4.20. The van der Waals surface area contributed by atoms with Gasteiger partial charge in [-0.05, 0) is 25.7 Å². The van der Waals surface area contributed by atoms with Gasteiger partial charge in [0, 0.05) is 32.4 Å². The fourth-order valence-corrected chi connectivity index (χ4v) is 4.20. The van der Waals surface area contributed by atoms with Gasteiger partial charge in [0.05, 0.1) is 6.61 Å². The van der Waals surface area contributed by atoms with Gasteiger partial charge in [-0.1, -0.05) is 82.8 Å². The number of aromatic nitrogens is 4. The van der Waals surface area contributed by atoms with Crippen LogP contribution in [0, 0.1) is 0 Å². The molecule has 0 radical (unpaired) electrons. The number of rotatable bonds is 26. The van der Waals surface area contributed by atoms with E-state index in [4.69, 9.17) is 4.74 Å². The molecule has 0 bridgehead atoms. The van der Waals surface area contributed by atoms with Gasteiger partial charge in [-0.3, -0.25) is 9.59 Å². The lowest BCUT2D eigenvalue weighted by Crippen LogP contribution is -2.41. The van der Waals surface area contributed by atoms with Crippen molar-refractivity contribution in [2.75, 3.05) is 19.8 Å². The van der Waals surface area contributed by atoms with Crippen LogP contribution < -0.4 is 10.6 Å². The molecule has 0 saturated heterocycles. The number of H-pyrrole nitrogens is 1. The van der Waals surface area contributed by atoms with E-state index in [1.54, 1.807) is 0 Å². The highest BCUT2D eigenvalue weighted by atomic mass is 16.5. The van der Waals surface area contributed by atoms with E-state index in [1.807, 2.05) is 6.92 Å². The van der Waals surface area contributed by atoms with Gasteiger partial charge in [-0.25, -0.2) is 4.79 Å². The number of tetrazole rings is 1. The number of hydrogen-bond donors (Lipinski definition) is 4. The number of nitrogens with zero attached hydrogens (tertiary/aromatic N) is 3. The van der Waals surface area contributed by atoms with Crippen molar-refractivity contribution < 1.29 is 24.2 Å². The average Bonchev–Trinajstić information content (AvgIpc) is 3.42. The molecule has 0 aromatic carbocycles. The molecule has 1 aromatic heterocycles. The highest BCUT2D eigenvalue weighted by Crippen LogP contribution is 2.13. The minimum Gasteiger partial charge on any atom is -0.480 e. The van der Waals surface area contributed by atoms with Gasteiger partial charge < -0.3 is 20.5 Å². The molecule has 0 aliphatic carbocycles. The second-order valence-electron chi connectivity index (χ2n) is 9.88. The van der Waals surface area contributed by atoms with Crippen LogP contribution in [0.3, 0.4) is 0 Å². The topological polar surface area (TPSA) is 159 Å². The molecule has 1 rings (SSSR count). The number of carbonyl (C=O) groups is 3. The van der Waals surface area contributed by atoms with Gasteiger partial charge >= 0.3 is 5.97 Å². The predicted octanol–water partition coefficient (Wildman–Crippen LogP) is 4.10. The lowest BCUT2D eigenvalue weighted by Gasteiger charge is -2.14. The van der Waals surface area contributed by atoms with Crippen molar-refractivity contribution in [3.8, 4) is 0 Å². The first kappa shape index (κ1) is 33.5. The summed E-state index contributed by atoms with van der Waals surface area (Å²) in [6.07, 6.45) is 17.5. The average molecular weight is 539 g/mol. The van der Waals surface area contributed by atoms with Crippen LogP contribution in [0.4, 0.5) is 0 Å². The Morgan fingerprint density at radius 2 is 1.45 bits per heavy atom. The number of ether oxygens (including phenoxy) is 1. The van der Waals surface area contributed by atoms with Crippen LogP contribution in [-0.2, 0) is 25.5 Å². The summed E-state index contributed by atoms with van der Waals surface area (Å²) >= 11 is 0. The number of unbranched alkanes of at least 4 members (excludes halogenated alkanes) is 12. The number of aromatic amines is 1. The Morgan fingerprint density at radius 1 is 0.842 bits per heavy atom. The highest BCUT2D eigenvalue weighted by molar-refractivity contribution is 5.84. The quantitative estimate of drug-likeness (QED) is 0.128. The first-order valence-corrected chi connectivity index (χ1v) is 14.6. The normalized spacial score (nSPS) is 11.8. The van der Waals surface area contributed by atoms with Gasteiger partial charge in [0.15, 0.2) is 5.82 Å². The van der Waals surface area contributed by atoms with Crippen molar-refractivity contribution in [2.24, 2.45) is 0 Å². The van der Waals surface area contributed by atoms with Gasteiger partial charge in [-0.15, -0.1) is 10.2 Å². The first-order chi connectivity index (χ1) is 18.5. The third-order valence-electron chi connectivity index (χ3n) is 6.40. The van der Waals surface area contributed by atoms with Crippen LogP contribution in [0.15, 0.2) is 0 Å². The molecule has 2 amide bonds. The van der Waals surface area contributed by atoms with Gasteiger partial charge in [0.25, 0.3) is 0 Å². The second-order valence-corrected chi connectivity index (χ2v) is 9.88. The molecule has 38 heavy (non-hydrogen) atoms. The monoisotopic (exact) mass is 538 g/mol. The van der Waals surface area contributed by atoms with E-state index in [0.717, 1.165) is 44.3 Å². The summed E-state index contributed by atoms with van der Waals surface area (Å²) in [4.78, 5) is 35.5. The summed E-state index contributed by atoms with van der Waals surface area (Å²) in [5.74, 6) is -0.810. The highest BCUT2D eigenvalue weighted by Gasteiger charge is 2.20. The van der Waals surface area contributed by atoms with E-state index >= 15 is 0 Å². The van der Waals surface area contributed by atoms with E-state index < -0.39 is 12.0 Å². The van der Waals surface area contributed by atoms with E-state index in [1.165, 1.54) is 57.8 Å². The third kappa shape index (κ3) is 19.5. The lowest BCUT2D eigenvalue weighted by molar-refractivity contribution is -0.142. The molecular formula is C27H50N6O5. The smallest absolute Gasteiger partial charge is 0.326 e. The number of hydrogen-bond acceptors (Lipinski definition) is 7. The molecule has 0 unspecified atom stereocenters. The molecule has 0 aliphatic rings. The Hall–Kier alpha value is -2.56. The molecular weight excluding hydrogens is 488 g/mol. The van der Waals surface area contributed by atoms with Crippen LogP contribution in [0.5, 0.6) is 0 Å². The number of aliphatic carboxylic acids is 1. The number of nitrogens with one attached hydrogen (secondary N) is 3. The van der Waals surface area contributed by atoms with E-state index in [9.17, 15) is 19.5 Å². The Balaban J connectivity index is 1.91. The van der Waals surface area contributed by atoms with Crippen LogP contribution in [-0.4, -0.2) is 69.3 Å². The summed E-state index contributed by atoms with van der Waals surface area (Å²) in [7, 11) is 0. The standard InChI is InChI=1S/C27H50N6O5/c1-2-21-38-22-20-28-25(34)19-18-23(27(36)37)29-26(35)17-15-13-11-9-7-5-3-4-6-8-10-12-14-16-24-30-32-33-31-24/h23H,2-22H2,1H3,(H,28,34)(H,29,35)(H,36,37)(H,30,31,32,33)/t23-/m0/s1. The minimum atomic E-state index is -1.11. The van der Waals surface area contributed by atoms with E-state index in [0.29, 0.717) is 26.2 Å². The van der Waals surface area contributed by atoms with Crippen molar-refractivity contribution in [3.05, 3.63) is 5.82 Å². The molecule has 4 N–H and O–H groups in total. The molecule has 1 aromatic rings. The van der Waals surface area contributed by atoms with Crippen molar-refractivity contribution in [1.82, 2.24) is 31.3 Å². The molecule has 218 valence electrons. The molecule has 0 aliphatic heterocycles. The number of amides is 2. The summed E-state index contributed by atoms with van der Waals surface area (Å²) in [5.41, 5.74) is 0. The molecule has 0 spiro atoms. The van der Waals surface area contributed by atoms with Crippen molar-refractivity contribution in [3.63, 3.8) is 0 Å². The molecule has 0 fully saturated rings. The van der Waals surface area contributed by atoms with E-state index in [2.05, 4.69) is 31.3 Å². The SMILES string of the molecule is CCCOCCNC(=O)CC[C@H](NC(=O)CCCCCCCCCCCCCCCc1nn[nH]n1)C(=O)O. The van der Waals surface area contributed by atoms with Gasteiger partial charge in [0.2, 0.25) is 11.8 Å².